The van der Waals surface area contributed by atoms with Crippen LogP contribution in [0.2, 0.25) is 0 Å². The monoisotopic (exact) mass is 333 g/mol. The Kier molecular flexibility index (Phi) is 3.38. The first-order valence-electron chi connectivity index (χ1n) is 8.19. The molecule has 2 amide bonds. The molecule has 2 unspecified atom stereocenters. The van der Waals surface area contributed by atoms with Crippen molar-refractivity contribution in [1.29, 1.82) is 0 Å². The topological polar surface area (TPSA) is 71.1 Å². The van der Waals surface area contributed by atoms with Gasteiger partial charge in [-0.15, -0.1) is 11.6 Å². The Balaban J connectivity index is 1.44. The van der Waals surface area contributed by atoms with Crippen molar-refractivity contribution in [2.45, 2.75) is 43.4 Å². The van der Waals surface area contributed by atoms with E-state index in [1.165, 1.54) is 6.42 Å². The average Bonchev–Trinajstić information content (AvgIpc) is 2.50. The molecule has 0 aliphatic heterocycles. The molecule has 0 saturated heterocycles. The van der Waals surface area contributed by atoms with Crippen LogP contribution in [0, 0.1) is 17.3 Å². The van der Waals surface area contributed by atoms with Gasteiger partial charge in [-0.3, -0.25) is 25.4 Å². The van der Waals surface area contributed by atoms with Crippen molar-refractivity contribution in [3.63, 3.8) is 0 Å². The maximum Gasteiger partial charge on any atom is 0.288 e. The zero-order chi connectivity index (χ0) is 16.1. The third kappa shape index (κ3) is 2.61. The van der Waals surface area contributed by atoms with Crippen LogP contribution in [-0.2, 0) is 4.79 Å². The van der Waals surface area contributed by atoms with E-state index in [1.54, 1.807) is 24.4 Å². The quantitative estimate of drug-likeness (QED) is 0.645. The first kappa shape index (κ1) is 14.9. The van der Waals surface area contributed by atoms with E-state index in [-0.39, 0.29) is 16.5 Å². The molecule has 1 aromatic heterocycles. The van der Waals surface area contributed by atoms with E-state index in [4.69, 9.17) is 11.6 Å². The highest BCUT2D eigenvalue weighted by Gasteiger charge is 2.60. The molecule has 4 aliphatic rings. The van der Waals surface area contributed by atoms with Crippen LogP contribution in [0.5, 0.6) is 0 Å². The number of nitrogens with zero attached hydrogens (tertiary/aromatic N) is 1. The summed E-state index contributed by atoms with van der Waals surface area (Å²) >= 11 is 6.75. The highest BCUT2D eigenvalue weighted by molar-refractivity contribution is 6.24. The van der Waals surface area contributed by atoms with Crippen LogP contribution in [0.4, 0.5) is 0 Å². The van der Waals surface area contributed by atoms with Gasteiger partial charge in [0.1, 0.15) is 5.69 Å². The molecule has 5 rings (SSSR count). The summed E-state index contributed by atoms with van der Waals surface area (Å²) in [6.07, 6.45) is 7.31. The highest BCUT2D eigenvalue weighted by atomic mass is 35.5. The van der Waals surface area contributed by atoms with Gasteiger partial charge in [-0.25, -0.2) is 0 Å². The normalized spacial score (nSPS) is 37.4. The van der Waals surface area contributed by atoms with Gasteiger partial charge in [0.15, 0.2) is 0 Å². The van der Waals surface area contributed by atoms with Crippen LogP contribution >= 0.6 is 11.6 Å². The Bertz CT molecular complexity index is 634. The van der Waals surface area contributed by atoms with Crippen molar-refractivity contribution in [3.8, 4) is 0 Å². The maximum absolute atomic E-state index is 12.8. The fourth-order valence-corrected chi connectivity index (χ4v) is 5.92. The lowest BCUT2D eigenvalue weighted by molar-refractivity contribution is -0.145. The van der Waals surface area contributed by atoms with Crippen LogP contribution in [0.25, 0.3) is 0 Å². The Morgan fingerprint density at radius 1 is 1.13 bits per heavy atom. The molecule has 5 nitrogen and oxygen atoms in total. The number of carbonyl (C=O) groups is 2. The van der Waals surface area contributed by atoms with Crippen molar-refractivity contribution in [2.75, 3.05) is 0 Å². The smallest absolute Gasteiger partial charge is 0.273 e. The average molecular weight is 334 g/mol. The largest absolute Gasteiger partial charge is 0.288 e. The molecule has 6 heteroatoms. The van der Waals surface area contributed by atoms with E-state index in [0.717, 1.165) is 32.1 Å². The predicted molar refractivity (Wildman–Crippen MR) is 85.5 cm³/mol. The van der Waals surface area contributed by atoms with Crippen molar-refractivity contribution < 1.29 is 9.59 Å². The zero-order valence-corrected chi connectivity index (χ0v) is 13.6. The van der Waals surface area contributed by atoms with Gasteiger partial charge in [0.05, 0.1) is 5.41 Å². The summed E-state index contributed by atoms with van der Waals surface area (Å²) in [6, 6.07) is 5.09. The van der Waals surface area contributed by atoms with E-state index >= 15 is 0 Å². The van der Waals surface area contributed by atoms with E-state index in [0.29, 0.717) is 11.8 Å². The van der Waals surface area contributed by atoms with Crippen LogP contribution in [0.3, 0.4) is 0 Å². The van der Waals surface area contributed by atoms with E-state index < -0.39 is 11.3 Å². The molecular formula is C17H20ClN3O2. The van der Waals surface area contributed by atoms with E-state index in [9.17, 15) is 9.59 Å². The van der Waals surface area contributed by atoms with E-state index in [2.05, 4.69) is 15.8 Å². The lowest BCUT2D eigenvalue weighted by atomic mass is 9.49. The SMILES string of the molecule is O=C(NNC(=O)C12C[C@@H]3C[C@@H](CC(Cl)(C3)C1)C2)c1ccccn1. The number of aromatic nitrogens is 1. The van der Waals surface area contributed by atoms with Gasteiger partial charge in [0.2, 0.25) is 5.91 Å². The first-order chi connectivity index (χ1) is 11.0. The number of amides is 2. The summed E-state index contributed by atoms with van der Waals surface area (Å²) in [5.41, 5.74) is 4.98. The minimum absolute atomic E-state index is 0.0964. The number of carbonyl (C=O) groups excluding carboxylic acids is 2. The molecule has 0 aromatic carbocycles. The second-order valence-electron chi connectivity index (χ2n) is 7.52. The molecule has 122 valence electrons. The number of alkyl halides is 1. The molecule has 4 aliphatic carbocycles. The summed E-state index contributed by atoms with van der Waals surface area (Å²) < 4.78 is 0. The van der Waals surface area contributed by atoms with Gasteiger partial charge in [-0.1, -0.05) is 6.07 Å². The molecule has 1 heterocycles. The molecule has 4 atom stereocenters. The predicted octanol–water partition coefficient (Wildman–Crippen LogP) is 2.42. The summed E-state index contributed by atoms with van der Waals surface area (Å²) in [7, 11) is 0. The van der Waals surface area contributed by atoms with Gasteiger partial charge in [0.25, 0.3) is 5.91 Å². The number of hydrogen-bond donors (Lipinski definition) is 2. The van der Waals surface area contributed by atoms with Crippen LogP contribution in [0.15, 0.2) is 24.4 Å². The first-order valence-corrected chi connectivity index (χ1v) is 8.57. The number of nitrogens with one attached hydrogen (secondary N) is 2. The number of rotatable bonds is 2. The van der Waals surface area contributed by atoms with Crippen molar-refractivity contribution >= 4 is 23.4 Å². The molecule has 23 heavy (non-hydrogen) atoms. The number of hydrogen-bond acceptors (Lipinski definition) is 3. The highest BCUT2D eigenvalue weighted by Crippen LogP contribution is 2.63. The van der Waals surface area contributed by atoms with Gasteiger partial charge >= 0.3 is 0 Å². The molecule has 4 bridgehead atoms. The number of halogens is 1. The summed E-state index contributed by atoms with van der Waals surface area (Å²) in [6.45, 7) is 0. The Labute approximate surface area is 140 Å². The molecule has 1 aromatic rings. The fraction of sp³-hybridized carbons (Fsp3) is 0.588. The molecule has 0 radical (unpaired) electrons. The standard InChI is InChI=1S/C17H20ClN3O2/c18-17-8-11-5-12(9-17)7-16(6-11,10-17)15(23)21-20-14(22)13-3-1-2-4-19-13/h1-4,11-12H,5-10H2,(H,20,22)(H,21,23)/t11-,12+,16?,17?. The van der Waals surface area contributed by atoms with E-state index in [1.807, 2.05) is 0 Å². The molecule has 4 fully saturated rings. The molecule has 2 N–H and O–H groups in total. The molecule has 0 spiro atoms. The second kappa shape index (κ2) is 5.20. The Morgan fingerprint density at radius 3 is 2.48 bits per heavy atom. The number of hydrazine groups is 1. The summed E-state index contributed by atoms with van der Waals surface area (Å²) in [5.74, 6) is 0.599. The minimum atomic E-state index is -0.413. The Hall–Kier alpha value is -1.62. The lowest BCUT2D eigenvalue weighted by Gasteiger charge is -2.59. The van der Waals surface area contributed by atoms with Crippen LogP contribution < -0.4 is 10.9 Å². The fourth-order valence-electron chi connectivity index (χ4n) is 5.22. The number of pyridine rings is 1. The third-order valence-electron chi connectivity index (χ3n) is 5.66. The zero-order valence-electron chi connectivity index (χ0n) is 12.8. The van der Waals surface area contributed by atoms with Crippen molar-refractivity contribution in [2.24, 2.45) is 17.3 Å². The minimum Gasteiger partial charge on any atom is -0.273 e. The van der Waals surface area contributed by atoms with Gasteiger partial charge in [0, 0.05) is 11.1 Å². The summed E-state index contributed by atoms with van der Waals surface area (Å²) in [5, 5.41) is 0. The lowest BCUT2D eigenvalue weighted by Crippen LogP contribution is -2.60. The van der Waals surface area contributed by atoms with Gasteiger partial charge in [-0.2, -0.15) is 0 Å². The summed E-state index contributed by atoms with van der Waals surface area (Å²) in [4.78, 5) is 28.6. The van der Waals surface area contributed by atoms with Gasteiger partial charge in [-0.05, 0) is 62.5 Å². The van der Waals surface area contributed by atoms with Crippen LogP contribution in [0.1, 0.15) is 49.0 Å². The Morgan fingerprint density at radius 2 is 1.87 bits per heavy atom. The van der Waals surface area contributed by atoms with Crippen molar-refractivity contribution in [1.82, 2.24) is 15.8 Å². The molecule has 4 saturated carbocycles. The third-order valence-corrected chi connectivity index (χ3v) is 6.10. The van der Waals surface area contributed by atoms with Crippen molar-refractivity contribution in [3.05, 3.63) is 30.1 Å². The van der Waals surface area contributed by atoms with Crippen LogP contribution in [-0.4, -0.2) is 21.7 Å². The maximum atomic E-state index is 12.8. The molecular weight excluding hydrogens is 314 g/mol. The second-order valence-corrected chi connectivity index (χ2v) is 8.32. The van der Waals surface area contributed by atoms with Gasteiger partial charge < -0.3 is 0 Å².